The van der Waals surface area contributed by atoms with E-state index in [4.69, 9.17) is 4.98 Å². The lowest BCUT2D eigenvalue weighted by Gasteiger charge is -2.41. The van der Waals surface area contributed by atoms with Gasteiger partial charge in [-0.25, -0.2) is 18.0 Å². The topological polar surface area (TPSA) is 90.4 Å². The summed E-state index contributed by atoms with van der Waals surface area (Å²) in [5, 5.41) is 13.9. The molecule has 33 heavy (non-hydrogen) atoms. The Morgan fingerprint density at radius 3 is 2.64 bits per heavy atom. The first kappa shape index (κ1) is 22.0. The van der Waals surface area contributed by atoms with Crippen LogP contribution in [0.1, 0.15) is 57.6 Å². The van der Waals surface area contributed by atoms with Crippen LogP contribution in [-0.4, -0.2) is 58.5 Å². The molecule has 2 unspecified atom stereocenters. The monoisotopic (exact) mass is 463 g/mol. The molecule has 5 rings (SSSR count). The van der Waals surface area contributed by atoms with Crippen LogP contribution < -0.4 is 4.90 Å². The van der Waals surface area contributed by atoms with Crippen LogP contribution in [0, 0.1) is 11.3 Å². The molecule has 0 amide bonds. The average molecular weight is 464 g/mol. The molecule has 9 heteroatoms. The van der Waals surface area contributed by atoms with Crippen LogP contribution >= 0.6 is 0 Å². The summed E-state index contributed by atoms with van der Waals surface area (Å²) in [6.45, 7) is 10.4. The van der Waals surface area contributed by atoms with Crippen molar-refractivity contribution in [3.8, 4) is 17.5 Å². The highest BCUT2D eigenvalue weighted by molar-refractivity contribution is 7.84. The third-order valence-corrected chi connectivity index (χ3v) is 8.35. The highest BCUT2D eigenvalue weighted by Gasteiger charge is 2.36. The third kappa shape index (κ3) is 4.02. The van der Waals surface area contributed by atoms with Crippen LogP contribution in [0.2, 0.25) is 0 Å². The van der Waals surface area contributed by atoms with Gasteiger partial charge in [0.05, 0.1) is 27.8 Å². The fourth-order valence-corrected chi connectivity index (χ4v) is 5.89. The quantitative estimate of drug-likeness (QED) is 0.588. The van der Waals surface area contributed by atoms with Gasteiger partial charge in [0, 0.05) is 31.9 Å². The van der Waals surface area contributed by atoms with Gasteiger partial charge in [-0.3, -0.25) is 4.98 Å². The number of rotatable bonds is 4. The fourth-order valence-electron chi connectivity index (χ4n) is 4.55. The van der Waals surface area contributed by atoms with Gasteiger partial charge in [-0.2, -0.15) is 10.4 Å². The SMILES string of the molecule is CC1CN(c2ncnn3c(-c4cc(C#N)ccn4)cc(C4CC4)c23)CCN1S(=O)C(C)(C)C. The normalized spacial score (nSPS) is 20.7. The summed E-state index contributed by atoms with van der Waals surface area (Å²) in [5.74, 6) is 1.42. The second-order valence-electron chi connectivity index (χ2n) is 9.94. The molecule has 0 spiro atoms. The van der Waals surface area contributed by atoms with Crippen molar-refractivity contribution in [2.24, 2.45) is 0 Å². The van der Waals surface area contributed by atoms with Crippen molar-refractivity contribution in [2.75, 3.05) is 24.5 Å². The highest BCUT2D eigenvalue weighted by atomic mass is 32.2. The highest BCUT2D eigenvalue weighted by Crippen LogP contribution is 2.46. The molecule has 2 aliphatic rings. The second kappa shape index (κ2) is 8.19. The molecule has 172 valence electrons. The van der Waals surface area contributed by atoms with Crippen molar-refractivity contribution in [1.82, 2.24) is 23.9 Å². The number of nitrogens with zero attached hydrogens (tertiary/aromatic N) is 7. The molecule has 1 aliphatic heterocycles. The van der Waals surface area contributed by atoms with E-state index in [-0.39, 0.29) is 10.8 Å². The predicted octanol–water partition coefficient (Wildman–Crippen LogP) is 3.51. The molecule has 0 bridgehead atoms. The van der Waals surface area contributed by atoms with Crippen LogP contribution in [0.4, 0.5) is 5.82 Å². The van der Waals surface area contributed by atoms with Gasteiger partial charge in [0.2, 0.25) is 0 Å². The lowest BCUT2D eigenvalue weighted by Crippen LogP contribution is -2.55. The summed E-state index contributed by atoms with van der Waals surface area (Å²) in [4.78, 5) is 11.5. The molecule has 1 saturated carbocycles. The van der Waals surface area contributed by atoms with Crippen molar-refractivity contribution < 1.29 is 4.21 Å². The maximum atomic E-state index is 13.0. The molecule has 1 saturated heterocycles. The van der Waals surface area contributed by atoms with Gasteiger partial charge in [0.15, 0.2) is 5.82 Å². The Morgan fingerprint density at radius 2 is 1.97 bits per heavy atom. The molecule has 0 N–H and O–H groups in total. The van der Waals surface area contributed by atoms with Crippen molar-refractivity contribution in [1.29, 1.82) is 5.26 Å². The number of hydrogen-bond acceptors (Lipinski definition) is 6. The Balaban J connectivity index is 1.55. The second-order valence-corrected chi connectivity index (χ2v) is 12.1. The zero-order valence-electron chi connectivity index (χ0n) is 19.5. The fraction of sp³-hybridized carbons (Fsp3) is 0.500. The van der Waals surface area contributed by atoms with Crippen molar-refractivity contribution in [3.63, 3.8) is 0 Å². The molecule has 0 aromatic carbocycles. The molecule has 2 fully saturated rings. The number of piperazine rings is 1. The first-order chi connectivity index (χ1) is 15.8. The standard InChI is InChI=1S/C24H29N7OS/c1-16-14-29(9-10-30(16)33(32)24(2,3)4)23-22-19(18-5-6-18)12-21(31(22)28-15-27-23)20-11-17(13-25)7-8-26-20/h7-8,11-12,15-16,18H,5-6,9-10,14H2,1-4H3. The van der Waals surface area contributed by atoms with Crippen LogP contribution in [-0.2, 0) is 11.0 Å². The summed E-state index contributed by atoms with van der Waals surface area (Å²) < 4.78 is 16.8. The minimum Gasteiger partial charge on any atom is -0.352 e. The van der Waals surface area contributed by atoms with Gasteiger partial charge in [0.1, 0.15) is 22.8 Å². The van der Waals surface area contributed by atoms with E-state index in [2.05, 4.69) is 38.3 Å². The Labute approximate surface area is 196 Å². The first-order valence-electron chi connectivity index (χ1n) is 11.4. The minimum absolute atomic E-state index is 0.140. The van der Waals surface area contributed by atoms with E-state index in [1.54, 1.807) is 18.6 Å². The molecule has 3 aromatic heterocycles. The predicted molar refractivity (Wildman–Crippen MR) is 129 cm³/mol. The number of anilines is 1. The van der Waals surface area contributed by atoms with E-state index in [0.717, 1.165) is 55.2 Å². The lowest BCUT2D eigenvalue weighted by atomic mass is 10.1. The molecular formula is C24H29N7OS. The van der Waals surface area contributed by atoms with Crippen molar-refractivity contribution in [2.45, 2.75) is 57.2 Å². The molecule has 0 radical (unpaired) electrons. The van der Waals surface area contributed by atoms with E-state index < -0.39 is 11.0 Å². The Kier molecular flexibility index (Phi) is 5.46. The van der Waals surface area contributed by atoms with Crippen LogP contribution in [0.5, 0.6) is 0 Å². The summed E-state index contributed by atoms with van der Waals surface area (Å²) in [6.07, 6.45) is 5.59. The summed E-state index contributed by atoms with van der Waals surface area (Å²) in [6, 6.07) is 8.03. The summed E-state index contributed by atoms with van der Waals surface area (Å²) >= 11 is 0. The molecule has 3 aromatic rings. The van der Waals surface area contributed by atoms with E-state index in [1.807, 2.05) is 31.4 Å². The van der Waals surface area contributed by atoms with Gasteiger partial charge >= 0.3 is 0 Å². The van der Waals surface area contributed by atoms with E-state index in [1.165, 1.54) is 5.56 Å². The minimum atomic E-state index is -1.04. The number of nitriles is 1. The number of pyridine rings is 1. The summed E-state index contributed by atoms with van der Waals surface area (Å²) in [5.41, 5.74) is 4.47. The Morgan fingerprint density at radius 1 is 1.18 bits per heavy atom. The largest absolute Gasteiger partial charge is 0.352 e. The third-order valence-electron chi connectivity index (χ3n) is 6.34. The zero-order chi connectivity index (χ0) is 23.3. The van der Waals surface area contributed by atoms with E-state index in [9.17, 15) is 9.47 Å². The molecular weight excluding hydrogens is 434 g/mol. The Hall–Kier alpha value is -2.83. The zero-order valence-corrected chi connectivity index (χ0v) is 20.3. The first-order valence-corrected chi connectivity index (χ1v) is 12.6. The molecule has 4 heterocycles. The number of fused-ring (bicyclic) bond motifs is 1. The van der Waals surface area contributed by atoms with Gasteiger partial charge in [-0.1, -0.05) is 0 Å². The average Bonchev–Trinajstić information content (AvgIpc) is 3.57. The number of hydrogen-bond donors (Lipinski definition) is 0. The maximum absolute atomic E-state index is 13.0. The van der Waals surface area contributed by atoms with Crippen LogP contribution in [0.15, 0.2) is 30.7 Å². The van der Waals surface area contributed by atoms with Crippen LogP contribution in [0.25, 0.3) is 16.9 Å². The Bertz CT molecular complexity index is 1270. The van der Waals surface area contributed by atoms with Crippen molar-refractivity contribution >= 4 is 22.3 Å². The van der Waals surface area contributed by atoms with Gasteiger partial charge in [0.25, 0.3) is 0 Å². The van der Waals surface area contributed by atoms with Gasteiger partial charge in [-0.05, 0) is 70.2 Å². The van der Waals surface area contributed by atoms with E-state index in [0.29, 0.717) is 11.5 Å². The maximum Gasteiger partial charge on any atom is 0.156 e. The molecule has 1 aliphatic carbocycles. The van der Waals surface area contributed by atoms with Gasteiger partial charge in [-0.15, -0.1) is 0 Å². The van der Waals surface area contributed by atoms with Gasteiger partial charge < -0.3 is 4.90 Å². The molecule has 2 atom stereocenters. The van der Waals surface area contributed by atoms with E-state index >= 15 is 0 Å². The van der Waals surface area contributed by atoms with Crippen LogP contribution in [0.3, 0.4) is 0 Å². The molecule has 8 nitrogen and oxygen atoms in total. The number of aromatic nitrogens is 4. The summed E-state index contributed by atoms with van der Waals surface area (Å²) in [7, 11) is -1.04. The smallest absolute Gasteiger partial charge is 0.156 e. The van der Waals surface area contributed by atoms with Crippen molar-refractivity contribution in [3.05, 3.63) is 41.9 Å². The lowest BCUT2D eigenvalue weighted by molar-refractivity contribution is 0.316.